The first kappa shape index (κ1) is 12.8. The number of nitro benzene ring substituents is 1. The van der Waals surface area contributed by atoms with Crippen LogP contribution in [0.2, 0.25) is 0 Å². The Morgan fingerprint density at radius 1 is 1.40 bits per heavy atom. The minimum Gasteiger partial charge on any atom is -0.501 e. The summed E-state index contributed by atoms with van der Waals surface area (Å²) in [5.74, 6) is -0.342. The molecule has 6 heteroatoms. The van der Waals surface area contributed by atoms with Gasteiger partial charge in [-0.3, -0.25) is 15.1 Å². The summed E-state index contributed by atoms with van der Waals surface area (Å²) in [6.45, 7) is 2.93. The fraction of sp³-hybridized carbons (Fsp3) is 0.357. The Morgan fingerprint density at radius 3 is 2.85 bits per heavy atom. The molecule has 0 spiro atoms. The maximum Gasteiger partial charge on any atom is 0.313 e. The van der Waals surface area contributed by atoms with Crippen molar-refractivity contribution in [2.24, 2.45) is 0 Å². The summed E-state index contributed by atoms with van der Waals surface area (Å²) in [6.07, 6.45) is 3.94. The summed E-state index contributed by atoms with van der Waals surface area (Å²) in [5, 5.41) is 21.9. The van der Waals surface area contributed by atoms with Gasteiger partial charge in [-0.2, -0.15) is 0 Å². The van der Waals surface area contributed by atoms with Crippen LogP contribution in [-0.2, 0) is 6.54 Å². The summed E-state index contributed by atoms with van der Waals surface area (Å²) in [5.41, 5.74) is 0.939. The van der Waals surface area contributed by atoms with Crippen molar-refractivity contribution in [3.63, 3.8) is 0 Å². The molecule has 2 N–H and O–H groups in total. The number of fused-ring (bicyclic) bond motifs is 1. The van der Waals surface area contributed by atoms with E-state index < -0.39 is 4.92 Å². The zero-order valence-electron chi connectivity index (χ0n) is 11.0. The van der Waals surface area contributed by atoms with Crippen molar-refractivity contribution in [2.75, 3.05) is 13.1 Å². The average molecular weight is 274 g/mol. The van der Waals surface area contributed by atoms with Crippen molar-refractivity contribution in [3.8, 4) is 5.75 Å². The van der Waals surface area contributed by atoms with Crippen LogP contribution in [0.1, 0.15) is 18.4 Å². The molecule has 2 heterocycles. The fourth-order valence-electron chi connectivity index (χ4n) is 2.89. The number of pyridine rings is 1. The normalized spacial score (nSPS) is 15.8. The maximum absolute atomic E-state index is 11.1. The molecule has 1 saturated heterocycles. The van der Waals surface area contributed by atoms with Gasteiger partial charge >= 0.3 is 5.69 Å². The summed E-state index contributed by atoms with van der Waals surface area (Å²) in [4.78, 5) is 16.0. The number of aromatic nitrogens is 1. The predicted octanol–water partition coefficient (Wildman–Crippen LogP) is 1.03. The number of benzene rings is 1. The van der Waals surface area contributed by atoms with Gasteiger partial charge < -0.3 is 10.0 Å². The number of hydrogen-bond donors (Lipinski definition) is 2. The van der Waals surface area contributed by atoms with E-state index in [-0.39, 0.29) is 11.4 Å². The first-order valence-electron chi connectivity index (χ1n) is 6.74. The van der Waals surface area contributed by atoms with E-state index in [2.05, 4.69) is 4.98 Å². The van der Waals surface area contributed by atoms with Gasteiger partial charge in [0, 0.05) is 36.1 Å². The van der Waals surface area contributed by atoms with Gasteiger partial charge in [-0.15, -0.1) is 0 Å². The highest BCUT2D eigenvalue weighted by Crippen LogP contribution is 2.35. The zero-order chi connectivity index (χ0) is 14.1. The van der Waals surface area contributed by atoms with Gasteiger partial charge in [0.15, 0.2) is 0 Å². The Labute approximate surface area is 115 Å². The fourth-order valence-corrected chi connectivity index (χ4v) is 2.89. The Balaban J connectivity index is 2.13. The van der Waals surface area contributed by atoms with Gasteiger partial charge in [0.1, 0.15) is 12.1 Å². The first-order valence-corrected chi connectivity index (χ1v) is 6.74. The SMILES string of the molecule is O=[N+]([O-])c1cc(C[NH+]2CCCC2)c2cccnc2c1O. The number of nitro groups is 1. The molecule has 20 heavy (non-hydrogen) atoms. The Morgan fingerprint density at radius 2 is 2.15 bits per heavy atom. The summed E-state index contributed by atoms with van der Waals surface area (Å²) in [7, 11) is 0. The highest BCUT2D eigenvalue weighted by Gasteiger charge is 2.23. The average Bonchev–Trinajstić information content (AvgIpc) is 2.94. The largest absolute Gasteiger partial charge is 0.501 e. The van der Waals surface area contributed by atoms with Gasteiger partial charge in [-0.25, -0.2) is 0 Å². The van der Waals surface area contributed by atoms with Crippen LogP contribution in [0.15, 0.2) is 24.4 Å². The maximum atomic E-state index is 11.1. The van der Waals surface area contributed by atoms with E-state index in [1.54, 1.807) is 6.07 Å². The van der Waals surface area contributed by atoms with Crippen LogP contribution in [0.4, 0.5) is 5.69 Å². The highest BCUT2D eigenvalue weighted by atomic mass is 16.6. The second-order valence-electron chi connectivity index (χ2n) is 5.19. The van der Waals surface area contributed by atoms with Crippen molar-refractivity contribution in [2.45, 2.75) is 19.4 Å². The third-order valence-corrected chi connectivity index (χ3v) is 3.88. The standard InChI is InChI=1S/C14H15N3O3/c18-14-12(17(19)20)8-10(9-16-6-1-2-7-16)11-4-3-5-15-13(11)14/h3-5,8,18H,1-2,6-7,9H2/p+1. The number of phenols is 1. The second-order valence-corrected chi connectivity index (χ2v) is 5.19. The Kier molecular flexibility index (Phi) is 3.23. The Hall–Kier alpha value is -2.21. The quantitative estimate of drug-likeness (QED) is 0.647. The number of rotatable bonds is 3. The topological polar surface area (TPSA) is 80.7 Å². The van der Waals surface area contributed by atoms with E-state index in [0.717, 1.165) is 30.6 Å². The van der Waals surface area contributed by atoms with Crippen molar-refractivity contribution < 1.29 is 14.9 Å². The third-order valence-electron chi connectivity index (χ3n) is 3.88. The van der Waals surface area contributed by atoms with Crippen LogP contribution in [0.3, 0.4) is 0 Å². The van der Waals surface area contributed by atoms with E-state index in [1.807, 2.05) is 6.07 Å². The highest BCUT2D eigenvalue weighted by molar-refractivity contribution is 5.90. The van der Waals surface area contributed by atoms with Crippen molar-refractivity contribution >= 4 is 16.6 Å². The summed E-state index contributed by atoms with van der Waals surface area (Å²) < 4.78 is 0. The van der Waals surface area contributed by atoms with Crippen LogP contribution in [-0.4, -0.2) is 28.1 Å². The van der Waals surface area contributed by atoms with Crippen LogP contribution in [0, 0.1) is 10.1 Å². The molecular formula is C14H16N3O3+. The lowest BCUT2D eigenvalue weighted by Crippen LogP contribution is -3.08. The number of quaternary nitrogens is 1. The first-order chi connectivity index (χ1) is 9.66. The van der Waals surface area contributed by atoms with Crippen molar-refractivity contribution in [1.29, 1.82) is 0 Å². The third kappa shape index (κ3) is 2.18. The molecule has 1 aromatic carbocycles. The summed E-state index contributed by atoms with van der Waals surface area (Å²) >= 11 is 0. The number of likely N-dealkylation sites (tertiary alicyclic amines) is 1. The van der Waals surface area contributed by atoms with Gasteiger partial charge in [0.25, 0.3) is 0 Å². The number of phenolic OH excluding ortho intramolecular Hbond substituents is 1. The monoisotopic (exact) mass is 274 g/mol. The molecule has 0 unspecified atom stereocenters. The van der Waals surface area contributed by atoms with E-state index in [1.165, 1.54) is 30.0 Å². The number of aromatic hydroxyl groups is 1. The molecule has 2 aromatic rings. The Bertz CT molecular complexity index is 666. The molecule has 0 bridgehead atoms. The minimum atomic E-state index is -0.549. The van der Waals surface area contributed by atoms with Gasteiger partial charge in [0.05, 0.1) is 18.0 Å². The lowest BCUT2D eigenvalue weighted by atomic mass is 10.1. The molecule has 1 aromatic heterocycles. The van der Waals surface area contributed by atoms with E-state index in [4.69, 9.17) is 0 Å². The molecule has 1 aliphatic heterocycles. The lowest BCUT2D eigenvalue weighted by Gasteiger charge is -2.14. The predicted molar refractivity (Wildman–Crippen MR) is 73.7 cm³/mol. The molecule has 1 aliphatic rings. The van der Waals surface area contributed by atoms with Crippen molar-refractivity contribution in [3.05, 3.63) is 40.1 Å². The van der Waals surface area contributed by atoms with Crippen LogP contribution in [0.25, 0.3) is 10.9 Å². The molecule has 3 rings (SSSR count). The number of nitrogens with zero attached hydrogens (tertiary/aromatic N) is 2. The zero-order valence-corrected chi connectivity index (χ0v) is 11.0. The number of nitrogens with one attached hydrogen (secondary N) is 1. The minimum absolute atomic E-state index is 0.259. The molecule has 1 fully saturated rings. The van der Waals surface area contributed by atoms with Gasteiger partial charge in [-0.1, -0.05) is 6.07 Å². The van der Waals surface area contributed by atoms with E-state index in [0.29, 0.717) is 5.52 Å². The lowest BCUT2D eigenvalue weighted by molar-refractivity contribution is -0.901. The molecular weight excluding hydrogens is 258 g/mol. The molecule has 6 nitrogen and oxygen atoms in total. The van der Waals surface area contributed by atoms with Gasteiger partial charge in [-0.05, 0) is 6.07 Å². The van der Waals surface area contributed by atoms with Crippen molar-refractivity contribution in [1.82, 2.24) is 4.98 Å². The smallest absolute Gasteiger partial charge is 0.313 e. The van der Waals surface area contributed by atoms with Crippen LogP contribution >= 0.6 is 0 Å². The van der Waals surface area contributed by atoms with Gasteiger partial charge in [0.2, 0.25) is 5.75 Å². The second kappa shape index (κ2) is 5.05. The molecule has 0 aliphatic carbocycles. The molecule has 0 atom stereocenters. The molecule has 0 radical (unpaired) electrons. The van der Waals surface area contributed by atoms with Crippen LogP contribution in [0.5, 0.6) is 5.75 Å². The number of hydrogen-bond acceptors (Lipinski definition) is 4. The molecule has 0 amide bonds. The molecule has 104 valence electrons. The summed E-state index contributed by atoms with van der Waals surface area (Å²) in [6, 6.07) is 5.14. The van der Waals surface area contributed by atoms with Crippen LogP contribution < -0.4 is 4.90 Å². The van der Waals surface area contributed by atoms with E-state index >= 15 is 0 Å². The van der Waals surface area contributed by atoms with E-state index in [9.17, 15) is 15.2 Å². The molecule has 0 saturated carbocycles.